The van der Waals surface area contributed by atoms with Gasteiger partial charge in [-0.15, -0.1) is 0 Å². The first kappa shape index (κ1) is 12.4. The van der Waals surface area contributed by atoms with Gasteiger partial charge in [0.2, 0.25) is 0 Å². The highest BCUT2D eigenvalue weighted by atomic mass is 35.5. The topological polar surface area (TPSA) is 12.0 Å². The molecular weight excluding hydrogens is 220 g/mol. The van der Waals surface area contributed by atoms with E-state index < -0.39 is 11.6 Å². The molecule has 0 fully saturated rings. The molecule has 1 aromatic carbocycles. The maximum Gasteiger partial charge on any atom is 0.142 e. The molecule has 0 aromatic heterocycles. The van der Waals surface area contributed by atoms with E-state index in [2.05, 4.69) is 5.32 Å². The van der Waals surface area contributed by atoms with Crippen LogP contribution in [-0.2, 0) is 6.54 Å². The van der Waals surface area contributed by atoms with Crippen LogP contribution in [0.3, 0.4) is 0 Å². The summed E-state index contributed by atoms with van der Waals surface area (Å²) in [6, 6.07) is 2.42. The Morgan fingerprint density at radius 3 is 2.60 bits per heavy atom. The monoisotopic (exact) mass is 233 g/mol. The van der Waals surface area contributed by atoms with Crippen molar-refractivity contribution in [2.24, 2.45) is 0 Å². The third-order valence-corrected chi connectivity index (χ3v) is 2.63. The molecule has 0 bridgehead atoms. The van der Waals surface area contributed by atoms with Crippen LogP contribution < -0.4 is 5.32 Å². The van der Waals surface area contributed by atoms with Gasteiger partial charge in [-0.05, 0) is 25.5 Å². The van der Waals surface area contributed by atoms with E-state index in [1.807, 2.05) is 13.8 Å². The van der Waals surface area contributed by atoms with Gasteiger partial charge in [0.05, 0.1) is 5.02 Å². The molecule has 0 aliphatic heterocycles. The van der Waals surface area contributed by atoms with Crippen LogP contribution in [0.1, 0.15) is 25.8 Å². The van der Waals surface area contributed by atoms with Crippen LogP contribution >= 0.6 is 11.6 Å². The minimum absolute atomic E-state index is 0.181. The highest BCUT2D eigenvalue weighted by Crippen LogP contribution is 2.19. The first-order valence-corrected chi connectivity index (χ1v) is 5.29. The molecule has 4 heteroatoms. The van der Waals surface area contributed by atoms with E-state index in [0.29, 0.717) is 12.1 Å². The number of rotatable bonds is 4. The minimum Gasteiger partial charge on any atom is -0.310 e. The van der Waals surface area contributed by atoms with Crippen LogP contribution in [0.15, 0.2) is 12.1 Å². The average molecular weight is 234 g/mol. The van der Waals surface area contributed by atoms with E-state index in [4.69, 9.17) is 11.6 Å². The molecule has 84 valence electrons. The maximum absolute atomic E-state index is 13.3. The highest BCUT2D eigenvalue weighted by Gasteiger charge is 2.08. The molecule has 0 heterocycles. The summed E-state index contributed by atoms with van der Waals surface area (Å²) >= 11 is 5.44. The molecular formula is C11H14ClF2N. The van der Waals surface area contributed by atoms with E-state index in [1.54, 1.807) is 0 Å². The molecule has 1 N–H and O–H groups in total. The van der Waals surface area contributed by atoms with Crippen molar-refractivity contribution < 1.29 is 8.78 Å². The third kappa shape index (κ3) is 3.43. The summed E-state index contributed by atoms with van der Waals surface area (Å²) in [6.07, 6.45) is 0.942. The number of halogens is 3. The fraction of sp³-hybridized carbons (Fsp3) is 0.455. The van der Waals surface area contributed by atoms with Crippen molar-refractivity contribution in [1.29, 1.82) is 0 Å². The second-order valence-corrected chi connectivity index (χ2v) is 3.96. The van der Waals surface area contributed by atoms with Crippen LogP contribution in [0, 0.1) is 11.6 Å². The maximum atomic E-state index is 13.3. The van der Waals surface area contributed by atoms with Gasteiger partial charge >= 0.3 is 0 Å². The third-order valence-electron chi connectivity index (χ3n) is 2.34. The molecule has 1 nitrogen and oxygen atoms in total. The second-order valence-electron chi connectivity index (χ2n) is 3.55. The van der Waals surface area contributed by atoms with Gasteiger partial charge in [-0.25, -0.2) is 8.78 Å². The minimum atomic E-state index is -0.584. The predicted octanol–water partition coefficient (Wildman–Crippen LogP) is 3.51. The first-order valence-electron chi connectivity index (χ1n) is 4.91. The Balaban J connectivity index is 2.73. The normalized spacial score (nSPS) is 12.9. The van der Waals surface area contributed by atoms with Gasteiger partial charge in [0.25, 0.3) is 0 Å². The average Bonchev–Trinajstić information content (AvgIpc) is 2.21. The lowest BCUT2D eigenvalue weighted by molar-refractivity contribution is 0.512. The Labute approximate surface area is 93.4 Å². The molecule has 0 saturated heterocycles. The molecule has 1 unspecified atom stereocenters. The lowest BCUT2D eigenvalue weighted by Crippen LogP contribution is -2.25. The van der Waals surface area contributed by atoms with Crippen molar-refractivity contribution >= 4 is 11.6 Å². The number of hydrogen-bond donors (Lipinski definition) is 1. The van der Waals surface area contributed by atoms with Gasteiger partial charge in [-0.3, -0.25) is 0 Å². The van der Waals surface area contributed by atoms with Crippen molar-refractivity contribution in [1.82, 2.24) is 5.32 Å². The van der Waals surface area contributed by atoms with E-state index in [0.717, 1.165) is 18.6 Å². The second kappa shape index (κ2) is 5.42. The summed E-state index contributed by atoms with van der Waals surface area (Å²) in [7, 11) is 0. The summed E-state index contributed by atoms with van der Waals surface area (Å²) in [5, 5.41) is 2.91. The Kier molecular flexibility index (Phi) is 4.48. The number of benzene rings is 1. The Bertz CT molecular complexity index is 342. The molecule has 1 aromatic rings. The molecule has 0 amide bonds. The van der Waals surface area contributed by atoms with Gasteiger partial charge in [0.1, 0.15) is 11.6 Å². The Hall–Kier alpha value is -0.670. The fourth-order valence-corrected chi connectivity index (χ4v) is 1.28. The molecule has 15 heavy (non-hydrogen) atoms. The summed E-state index contributed by atoms with van der Waals surface area (Å²) in [5.41, 5.74) is 0.303. The van der Waals surface area contributed by atoms with E-state index >= 15 is 0 Å². The summed E-state index contributed by atoms with van der Waals surface area (Å²) in [4.78, 5) is 0. The van der Waals surface area contributed by atoms with Crippen molar-refractivity contribution in [3.05, 3.63) is 34.4 Å². The smallest absolute Gasteiger partial charge is 0.142 e. The van der Waals surface area contributed by atoms with Gasteiger partial charge in [0, 0.05) is 18.2 Å². The zero-order valence-corrected chi connectivity index (χ0v) is 9.54. The van der Waals surface area contributed by atoms with Gasteiger partial charge < -0.3 is 5.32 Å². The summed E-state index contributed by atoms with van der Waals surface area (Å²) in [5.74, 6) is -1.06. The van der Waals surface area contributed by atoms with Crippen LogP contribution in [0.2, 0.25) is 5.02 Å². The number of nitrogens with one attached hydrogen (secondary N) is 1. The van der Waals surface area contributed by atoms with Crippen molar-refractivity contribution in [2.45, 2.75) is 32.9 Å². The summed E-state index contributed by atoms with van der Waals surface area (Å²) in [6.45, 7) is 4.33. The molecule has 1 atom stereocenters. The van der Waals surface area contributed by atoms with E-state index in [9.17, 15) is 8.78 Å². The van der Waals surface area contributed by atoms with Gasteiger partial charge in [-0.1, -0.05) is 18.5 Å². The number of hydrogen-bond acceptors (Lipinski definition) is 1. The van der Waals surface area contributed by atoms with Gasteiger partial charge in [-0.2, -0.15) is 0 Å². The molecule has 0 aliphatic rings. The van der Waals surface area contributed by atoms with Crippen molar-refractivity contribution in [2.75, 3.05) is 0 Å². The SMILES string of the molecule is CCC(C)NCc1cc(F)c(Cl)cc1F. The lowest BCUT2D eigenvalue weighted by Gasteiger charge is -2.12. The Morgan fingerprint density at radius 2 is 2.00 bits per heavy atom. The quantitative estimate of drug-likeness (QED) is 0.785. The van der Waals surface area contributed by atoms with E-state index in [-0.39, 0.29) is 11.1 Å². The van der Waals surface area contributed by atoms with Crippen LogP contribution in [-0.4, -0.2) is 6.04 Å². The van der Waals surface area contributed by atoms with Crippen LogP contribution in [0.25, 0.3) is 0 Å². The zero-order chi connectivity index (χ0) is 11.4. The lowest BCUT2D eigenvalue weighted by atomic mass is 10.2. The molecule has 0 radical (unpaired) electrons. The van der Waals surface area contributed by atoms with E-state index in [1.165, 1.54) is 0 Å². The molecule has 0 aliphatic carbocycles. The fourth-order valence-electron chi connectivity index (χ4n) is 1.13. The highest BCUT2D eigenvalue weighted by molar-refractivity contribution is 6.30. The first-order chi connectivity index (χ1) is 7.04. The largest absolute Gasteiger partial charge is 0.310 e. The predicted molar refractivity (Wildman–Crippen MR) is 58.0 cm³/mol. The van der Waals surface area contributed by atoms with Crippen molar-refractivity contribution in [3.8, 4) is 0 Å². The molecule has 1 rings (SSSR count). The van der Waals surface area contributed by atoms with Crippen LogP contribution in [0.5, 0.6) is 0 Å². The van der Waals surface area contributed by atoms with Crippen LogP contribution in [0.4, 0.5) is 8.78 Å². The van der Waals surface area contributed by atoms with Crippen molar-refractivity contribution in [3.63, 3.8) is 0 Å². The standard InChI is InChI=1S/C11H14ClF2N/c1-3-7(2)15-6-8-4-11(14)9(12)5-10(8)13/h4-5,7,15H,3,6H2,1-2H3. The Morgan fingerprint density at radius 1 is 1.33 bits per heavy atom. The molecule has 0 spiro atoms. The van der Waals surface area contributed by atoms with Gasteiger partial charge in [0.15, 0.2) is 0 Å². The molecule has 0 saturated carbocycles. The summed E-state index contributed by atoms with van der Waals surface area (Å²) < 4.78 is 26.3. The zero-order valence-electron chi connectivity index (χ0n) is 8.78.